The fourth-order valence-electron chi connectivity index (χ4n) is 1.70. The molecule has 12 heavy (non-hydrogen) atoms. The van der Waals surface area contributed by atoms with Gasteiger partial charge >= 0.3 is 0 Å². The van der Waals surface area contributed by atoms with E-state index < -0.39 is 0 Å². The van der Waals surface area contributed by atoms with Crippen LogP contribution in [0.5, 0.6) is 0 Å². The van der Waals surface area contributed by atoms with Crippen molar-refractivity contribution in [3.05, 3.63) is 35.7 Å². The molecular weight excluding hydrogens is 148 g/mol. The second kappa shape index (κ2) is 2.49. The van der Waals surface area contributed by atoms with E-state index in [1.54, 1.807) is 0 Å². The molecule has 1 aromatic rings. The highest BCUT2D eigenvalue weighted by Crippen LogP contribution is 2.31. The molecule has 0 bridgehead atoms. The molecule has 0 fully saturated rings. The van der Waals surface area contributed by atoms with Gasteiger partial charge in [-0.05, 0) is 31.4 Å². The molecule has 1 heterocycles. The van der Waals surface area contributed by atoms with E-state index in [0.717, 1.165) is 12.8 Å². The molecule has 1 aliphatic rings. The lowest BCUT2D eigenvalue weighted by Gasteiger charge is -2.21. The Balaban J connectivity index is 2.30. The summed E-state index contributed by atoms with van der Waals surface area (Å²) in [6.45, 7) is 2.05. The van der Waals surface area contributed by atoms with Crippen LogP contribution in [-0.4, -0.2) is 4.98 Å². The SMILES string of the molecule is Cc1cc(C2(N)CC=CC2)c[nH]1. The van der Waals surface area contributed by atoms with Gasteiger partial charge in [0.25, 0.3) is 0 Å². The minimum Gasteiger partial charge on any atom is -0.365 e. The molecule has 2 nitrogen and oxygen atoms in total. The summed E-state index contributed by atoms with van der Waals surface area (Å²) in [5, 5.41) is 0. The number of nitrogens with one attached hydrogen (secondary N) is 1. The molecule has 0 saturated heterocycles. The molecule has 0 atom stereocenters. The maximum absolute atomic E-state index is 6.21. The Hall–Kier alpha value is -1.02. The van der Waals surface area contributed by atoms with Gasteiger partial charge in [-0.15, -0.1) is 0 Å². The monoisotopic (exact) mass is 162 g/mol. The summed E-state index contributed by atoms with van der Waals surface area (Å²) < 4.78 is 0. The van der Waals surface area contributed by atoms with E-state index in [-0.39, 0.29) is 5.54 Å². The molecule has 0 unspecified atom stereocenters. The third-order valence-electron chi connectivity index (χ3n) is 2.53. The number of aromatic nitrogens is 1. The average Bonchev–Trinajstić information content (AvgIpc) is 2.59. The van der Waals surface area contributed by atoms with Gasteiger partial charge in [-0.1, -0.05) is 12.2 Å². The number of aromatic amines is 1. The Morgan fingerprint density at radius 3 is 2.58 bits per heavy atom. The zero-order valence-corrected chi connectivity index (χ0v) is 7.30. The first-order valence-electron chi connectivity index (χ1n) is 4.30. The van der Waals surface area contributed by atoms with Crippen molar-refractivity contribution in [2.75, 3.05) is 0 Å². The number of hydrogen-bond acceptors (Lipinski definition) is 1. The van der Waals surface area contributed by atoms with Gasteiger partial charge in [0.15, 0.2) is 0 Å². The summed E-state index contributed by atoms with van der Waals surface area (Å²) in [5.41, 5.74) is 8.49. The zero-order chi connectivity index (χ0) is 8.60. The predicted molar refractivity (Wildman–Crippen MR) is 49.8 cm³/mol. The molecule has 1 aliphatic carbocycles. The summed E-state index contributed by atoms with van der Waals surface area (Å²) in [7, 11) is 0. The Morgan fingerprint density at radius 2 is 2.08 bits per heavy atom. The lowest BCUT2D eigenvalue weighted by molar-refractivity contribution is 0.481. The van der Waals surface area contributed by atoms with Crippen molar-refractivity contribution >= 4 is 0 Å². The third-order valence-corrected chi connectivity index (χ3v) is 2.53. The third kappa shape index (κ3) is 1.08. The summed E-state index contributed by atoms with van der Waals surface area (Å²) in [4.78, 5) is 3.16. The Morgan fingerprint density at radius 1 is 1.42 bits per heavy atom. The van der Waals surface area contributed by atoms with E-state index in [1.165, 1.54) is 11.3 Å². The van der Waals surface area contributed by atoms with Crippen LogP contribution in [0.4, 0.5) is 0 Å². The summed E-state index contributed by atoms with van der Waals surface area (Å²) in [5.74, 6) is 0. The summed E-state index contributed by atoms with van der Waals surface area (Å²) in [6.07, 6.45) is 8.25. The second-order valence-corrected chi connectivity index (χ2v) is 3.61. The van der Waals surface area contributed by atoms with E-state index in [2.05, 4.69) is 30.1 Å². The maximum atomic E-state index is 6.21. The summed E-state index contributed by atoms with van der Waals surface area (Å²) in [6, 6.07) is 2.13. The van der Waals surface area contributed by atoms with Crippen molar-refractivity contribution in [2.24, 2.45) is 5.73 Å². The molecule has 0 saturated carbocycles. The second-order valence-electron chi connectivity index (χ2n) is 3.61. The predicted octanol–water partition coefficient (Wildman–Crippen LogP) is 1.83. The molecule has 3 N–H and O–H groups in total. The van der Waals surface area contributed by atoms with E-state index >= 15 is 0 Å². The summed E-state index contributed by atoms with van der Waals surface area (Å²) >= 11 is 0. The molecule has 0 radical (unpaired) electrons. The van der Waals surface area contributed by atoms with Gasteiger partial charge in [0.05, 0.1) is 0 Å². The number of aryl methyl sites for hydroxylation is 1. The number of rotatable bonds is 1. The van der Waals surface area contributed by atoms with Crippen molar-refractivity contribution in [3.8, 4) is 0 Å². The fourth-order valence-corrected chi connectivity index (χ4v) is 1.70. The van der Waals surface area contributed by atoms with Crippen LogP contribution < -0.4 is 5.73 Å². The van der Waals surface area contributed by atoms with E-state index in [4.69, 9.17) is 5.73 Å². The number of nitrogens with two attached hydrogens (primary N) is 1. The highest BCUT2D eigenvalue weighted by atomic mass is 14.8. The van der Waals surface area contributed by atoms with Gasteiger partial charge in [-0.25, -0.2) is 0 Å². The molecule has 0 amide bonds. The van der Waals surface area contributed by atoms with Crippen molar-refractivity contribution in [3.63, 3.8) is 0 Å². The molecule has 0 spiro atoms. The highest BCUT2D eigenvalue weighted by molar-refractivity contribution is 5.28. The molecule has 0 aliphatic heterocycles. The van der Waals surface area contributed by atoms with Gasteiger partial charge in [0.2, 0.25) is 0 Å². The van der Waals surface area contributed by atoms with Crippen molar-refractivity contribution in [1.82, 2.24) is 4.98 Å². The number of H-pyrrole nitrogens is 1. The lowest BCUT2D eigenvalue weighted by Crippen LogP contribution is -2.32. The molecule has 64 valence electrons. The van der Waals surface area contributed by atoms with Crippen molar-refractivity contribution in [2.45, 2.75) is 25.3 Å². The first-order chi connectivity index (χ1) is 5.71. The lowest BCUT2D eigenvalue weighted by atomic mass is 9.91. The largest absolute Gasteiger partial charge is 0.365 e. The molecule has 1 aromatic heterocycles. The molecule has 0 aromatic carbocycles. The number of hydrogen-bond donors (Lipinski definition) is 2. The van der Waals surface area contributed by atoms with Gasteiger partial charge in [0, 0.05) is 17.4 Å². The first kappa shape index (κ1) is 7.62. The minimum atomic E-state index is -0.134. The van der Waals surface area contributed by atoms with E-state index in [0.29, 0.717) is 0 Å². The highest BCUT2D eigenvalue weighted by Gasteiger charge is 2.28. The van der Waals surface area contributed by atoms with Crippen LogP contribution in [0.2, 0.25) is 0 Å². The minimum absolute atomic E-state index is 0.134. The van der Waals surface area contributed by atoms with E-state index in [1.807, 2.05) is 6.20 Å². The normalized spacial score (nSPS) is 20.2. The van der Waals surface area contributed by atoms with Crippen molar-refractivity contribution < 1.29 is 0 Å². The maximum Gasteiger partial charge on any atom is 0.0494 e. The Bertz CT molecular complexity index is 301. The first-order valence-corrected chi connectivity index (χ1v) is 4.30. The van der Waals surface area contributed by atoms with Crippen LogP contribution in [0.25, 0.3) is 0 Å². The standard InChI is InChI=1S/C10H14N2/c1-8-6-9(7-12-8)10(11)4-2-3-5-10/h2-3,6-7,12H,4-5,11H2,1H3. The van der Waals surface area contributed by atoms with Gasteiger partial charge < -0.3 is 10.7 Å². The van der Waals surface area contributed by atoms with Crippen LogP contribution >= 0.6 is 0 Å². The quantitative estimate of drug-likeness (QED) is 0.608. The smallest absolute Gasteiger partial charge is 0.0494 e. The molecule has 2 rings (SSSR count). The van der Waals surface area contributed by atoms with Gasteiger partial charge in [-0.3, -0.25) is 0 Å². The Kier molecular flexibility index (Phi) is 1.58. The fraction of sp³-hybridized carbons (Fsp3) is 0.400. The van der Waals surface area contributed by atoms with Gasteiger partial charge in [-0.2, -0.15) is 0 Å². The van der Waals surface area contributed by atoms with Crippen LogP contribution in [0.15, 0.2) is 24.4 Å². The van der Waals surface area contributed by atoms with Gasteiger partial charge in [0.1, 0.15) is 0 Å². The van der Waals surface area contributed by atoms with Crippen LogP contribution in [0, 0.1) is 6.92 Å². The van der Waals surface area contributed by atoms with Crippen molar-refractivity contribution in [1.29, 1.82) is 0 Å². The average molecular weight is 162 g/mol. The molecular formula is C10H14N2. The Labute approximate surface area is 72.5 Å². The topological polar surface area (TPSA) is 41.8 Å². The van der Waals surface area contributed by atoms with E-state index in [9.17, 15) is 0 Å². The van der Waals surface area contributed by atoms with Crippen LogP contribution in [0.3, 0.4) is 0 Å². The molecule has 2 heteroatoms. The van der Waals surface area contributed by atoms with Crippen LogP contribution in [-0.2, 0) is 5.54 Å². The van der Waals surface area contributed by atoms with Crippen LogP contribution in [0.1, 0.15) is 24.1 Å². The zero-order valence-electron chi connectivity index (χ0n) is 7.30.